The van der Waals surface area contributed by atoms with Gasteiger partial charge >= 0.3 is 0 Å². The standard InChI is InChI=1S/C20H18N2O6/c1-26-17-8-4-5-9-18(17)27-13-15-10-11-19(28-15)20(23)21-12-14-6-2-3-7-16(14)22(24)25/h2-11H,12-13H2,1H3,(H,21,23). The van der Waals surface area contributed by atoms with Gasteiger partial charge in [-0.3, -0.25) is 14.9 Å². The summed E-state index contributed by atoms with van der Waals surface area (Å²) in [4.78, 5) is 22.8. The van der Waals surface area contributed by atoms with Crippen LogP contribution in [0, 0.1) is 10.1 Å². The van der Waals surface area contributed by atoms with E-state index in [0.717, 1.165) is 0 Å². The summed E-state index contributed by atoms with van der Waals surface area (Å²) in [7, 11) is 1.55. The maximum absolute atomic E-state index is 12.3. The monoisotopic (exact) mass is 382 g/mol. The molecule has 0 saturated carbocycles. The van der Waals surface area contributed by atoms with Crippen LogP contribution in [0.2, 0.25) is 0 Å². The number of nitro benzene ring substituents is 1. The zero-order valence-electron chi connectivity index (χ0n) is 15.1. The van der Waals surface area contributed by atoms with Gasteiger partial charge in [-0.25, -0.2) is 0 Å². The number of carbonyl (C=O) groups is 1. The van der Waals surface area contributed by atoms with E-state index in [2.05, 4.69) is 5.32 Å². The Morgan fingerprint density at radius 3 is 2.54 bits per heavy atom. The molecule has 8 nitrogen and oxygen atoms in total. The number of rotatable bonds is 8. The second-order valence-electron chi connectivity index (χ2n) is 5.77. The summed E-state index contributed by atoms with van der Waals surface area (Å²) in [6.07, 6.45) is 0. The van der Waals surface area contributed by atoms with Gasteiger partial charge in [0.2, 0.25) is 0 Å². The molecular formula is C20H18N2O6. The molecule has 0 spiro atoms. The lowest BCUT2D eigenvalue weighted by Gasteiger charge is -2.08. The van der Waals surface area contributed by atoms with Crippen molar-refractivity contribution in [2.75, 3.05) is 7.11 Å². The predicted molar refractivity (Wildman–Crippen MR) is 100 cm³/mol. The van der Waals surface area contributed by atoms with E-state index in [4.69, 9.17) is 13.9 Å². The molecule has 144 valence electrons. The minimum Gasteiger partial charge on any atom is -0.493 e. The zero-order valence-corrected chi connectivity index (χ0v) is 15.1. The number of nitro groups is 1. The molecule has 28 heavy (non-hydrogen) atoms. The van der Waals surface area contributed by atoms with Crippen molar-refractivity contribution in [3.05, 3.63) is 87.9 Å². The maximum Gasteiger partial charge on any atom is 0.287 e. The van der Waals surface area contributed by atoms with Crippen LogP contribution >= 0.6 is 0 Å². The highest BCUT2D eigenvalue weighted by Gasteiger charge is 2.16. The van der Waals surface area contributed by atoms with E-state index in [-0.39, 0.29) is 24.6 Å². The molecule has 0 atom stereocenters. The summed E-state index contributed by atoms with van der Waals surface area (Å²) < 4.78 is 16.4. The van der Waals surface area contributed by atoms with Gasteiger partial charge in [0.1, 0.15) is 12.4 Å². The third kappa shape index (κ3) is 4.47. The molecule has 8 heteroatoms. The summed E-state index contributed by atoms with van der Waals surface area (Å²) in [6.45, 7) is 0.140. The molecule has 0 saturated heterocycles. The van der Waals surface area contributed by atoms with Crippen LogP contribution in [0.1, 0.15) is 21.9 Å². The molecule has 3 aromatic rings. The lowest BCUT2D eigenvalue weighted by molar-refractivity contribution is -0.385. The summed E-state index contributed by atoms with van der Waals surface area (Å²) >= 11 is 0. The van der Waals surface area contributed by atoms with Crippen LogP contribution in [-0.4, -0.2) is 17.9 Å². The Labute approximate surface area is 160 Å². The first-order valence-corrected chi connectivity index (χ1v) is 8.43. The van der Waals surface area contributed by atoms with Crippen molar-refractivity contribution in [2.24, 2.45) is 0 Å². The highest BCUT2D eigenvalue weighted by molar-refractivity contribution is 5.91. The van der Waals surface area contributed by atoms with Crippen LogP contribution in [0.5, 0.6) is 11.5 Å². The van der Waals surface area contributed by atoms with E-state index in [1.807, 2.05) is 12.1 Å². The quantitative estimate of drug-likeness (QED) is 0.470. The SMILES string of the molecule is COc1ccccc1OCc1ccc(C(=O)NCc2ccccc2[N+](=O)[O-])o1. The second-order valence-corrected chi connectivity index (χ2v) is 5.77. The van der Waals surface area contributed by atoms with E-state index < -0.39 is 10.8 Å². The molecule has 1 N–H and O–H groups in total. The van der Waals surface area contributed by atoms with Gasteiger partial charge in [-0.2, -0.15) is 0 Å². The Bertz CT molecular complexity index is 982. The number of hydrogen-bond acceptors (Lipinski definition) is 6. The molecule has 3 rings (SSSR count). The summed E-state index contributed by atoms with van der Waals surface area (Å²) in [5.41, 5.74) is 0.361. The highest BCUT2D eigenvalue weighted by Crippen LogP contribution is 2.26. The lowest BCUT2D eigenvalue weighted by Crippen LogP contribution is -2.22. The van der Waals surface area contributed by atoms with Crippen molar-refractivity contribution in [3.8, 4) is 11.5 Å². The summed E-state index contributed by atoms with van der Waals surface area (Å²) in [5.74, 6) is 1.24. The molecule has 0 unspecified atom stereocenters. The first-order valence-electron chi connectivity index (χ1n) is 8.43. The van der Waals surface area contributed by atoms with Gasteiger partial charge in [-0.15, -0.1) is 0 Å². The Balaban J connectivity index is 1.59. The van der Waals surface area contributed by atoms with Crippen LogP contribution in [0.4, 0.5) is 5.69 Å². The van der Waals surface area contributed by atoms with E-state index in [1.165, 1.54) is 12.1 Å². The highest BCUT2D eigenvalue weighted by atomic mass is 16.6. The molecule has 1 amide bonds. The number of nitrogens with zero attached hydrogens (tertiary/aromatic N) is 1. The van der Waals surface area contributed by atoms with Crippen LogP contribution in [0.25, 0.3) is 0 Å². The first kappa shape index (κ1) is 19.0. The molecule has 0 aliphatic heterocycles. The van der Waals surface area contributed by atoms with Crippen molar-refractivity contribution in [3.63, 3.8) is 0 Å². The number of nitrogens with one attached hydrogen (secondary N) is 1. The second kappa shape index (κ2) is 8.72. The molecule has 2 aromatic carbocycles. The van der Waals surface area contributed by atoms with Crippen molar-refractivity contribution >= 4 is 11.6 Å². The van der Waals surface area contributed by atoms with Crippen molar-refractivity contribution < 1.29 is 23.6 Å². The largest absolute Gasteiger partial charge is 0.493 e. The van der Waals surface area contributed by atoms with Crippen LogP contribution in [-0.2, 0) is 13.2 Å². The number of methoxy groups -OCH3 is 1. The summed E-state index contributed by atoms with van der Waals surface area (Å²) in [6, 6.07) is 16.6. The van der Waals surface area contributed by atoms with E-state index >= 15 is 0 Å². The molecule has 0 aliphatic carbocycles. The van der Waals surface area contributed by atoms with Gasteiger partial charge in [-0.05, 0) is 24.3 Å². The first-order chi connectivity index (χ1) is 13.6. The minimum atomic E-state index is -0.484. The number of ether oxygens (including phenoxy) is 2. The fourth-order valence-electron chi connectivity index (χ4n) is 2.57. The van der Waals surface area contributed by atoms with Gasteiger partial charge in [0.25, 0.3) is 11.6 Å². The van der Waals surface area contributed by atoms with Gasteiger partial charge in [0, 0.05) is 18.2 Å². The Morgan fingerprint density at radius 2 is 1.79 bits per heavy atom. The molecule has 0 aliphatic rings. The van der Waals surface area contributed by atoms with Crippen LogP contribution in [0.15, 0.2) is 65.1 Å². The topological polar surface area (TPSA) is 104 Å². The van der Waals surface area contributed by atoms with E-state index in [1.54, 1.807) is 43.5 Å². The number of amides is 1. The Morgan fingerprint density at radius 1 is 1.07 bits per heavy atom. The van der Waals surface area contributed by atoms with Gasteiger partial charge < -0.3 is 19.2 Å². The molecular weight excluding hydrogens is 364 g/mol. The van der Waals surface area contributed by atoms with Crippen molar-refractivity contribution in [1.29, 1.82) is 0 Å². The number of hydrogen-bond donors (Lipinski definition) is 1. The van der Waals surface area contributed by atoms with Crippen molar-refractivity contribution in [1.82, 2.24) is 5.32 Å². The Hall–Kier alpha value is -3.81. The van der Waals surface area contributed by atoms with E-state index in [9.17, 15) is 14.9 Å². The normalized spacial score (nSPS) is 10.3. The molecule has 1 heterocycles. The average molecular weight is 382 g/mol. The maximum atomic E-state index is 12.3. The number of furan rings is 1. The van der Waals surface area contributed by atoms with Crippen molar-refractivity contribution in [2.45, 2.75) is 13.2 Å². The van der Waals surface area contributed by atoms with E-state index in [0.29, 0.717) is 22.8 Å². The number of benzene rings is 2. The molecule has 1 aromatic heterocycles. The molecule has 0 fully saturated rings. The summed E-state index contributed by atoms with van der Waals surface area (Å²) in [5, 5.41) is 13.6. The minimum absolute atomic E-state index is 0.0176. The van der Waals surface area contributed by atoms with Gasteiger partial charge in [-0.1, -0.05) is 30.3 Å². The van der Waals surface area contributed by atoms with Gasteiger partial charge in [0.15, 0.2) is 17.3 Å². The average Bonchev–Trinajstić information content (AvgIpc) is 3.20. The third-order valence-electron chi connectivity index (χ3n) is 3.95. The third-order valence-corrected chi connectivity index (χ3v) is 3.95. The number of para-hydroxylation sites is 3. The predicted octanol–water partition coefficient (Wildman–Crippen LogP) is 3.71. The molecule has 0 radical (unpaired) electrons. The Kier molecular flexibility index (Phi) is 5.91. The number of carbonyl (C=O) groups excluding carboxylic acids is 1. The fourth-order valence-corrected chi connectivity index (χ4v) is 2.57. The van der Waals surface area contributed by atoms with Crippen LogP contribution in [0.3, 0.4) is 0 Å². The fraction of sp³-hybridized carbons (Fsp3) is 0.150. The lowest BCUT2D eigenvalue weighted by atomic mass is 10.2. The van der Waals surface area contributed by atoms with Crippen LogP contribution < -0.4 is 14.8 Å². The molecule has 0 bridgehead atoms. The smallest absolute Gasteiger partial charge is 0.287 e. The van der Waals surface area contributed by atoms with Gasteiger partial charge in [0.05, 0.1) is 12.0 Å². The zero-order chi connectivity index (χ0) is 19.9.